The van der Waals surface area contributed by atoms with Crippen molar-refractivity contribution in [3.05, 3.63) is 69.3 Å². The van der Waals surface area contributed by atoms with Crippen LogP contribution in [-0.4, -0.2) is 10.9 Å². The first kappa shape index (κ1) is 15.9. The molecule has 2 aromatic carbocycles. The monoisotopic (exact) mass is 365 g/mol. The van der Waals surface area contributed by atoms with Gasteiger partial charge in [0.25, 0.3) is 5.91 Å². The first-order valence-electron chi connectivity index (χ1n) is 6.61. The number of rotatable bonds is 3. The van der Waals surface area contributed by atoms with E-state index in [9.17, 15) is 4.79 Å². The zero-order valence-electron chi connectivity index (χ0n) is 11.6. The average Bonchev–Trinajstić information content (AvgIpc) is 2.53. The van der Waals surface area contributed by atoms with Gasteiger partial charge in [-0.15, -0.1) is 0 Å². The third-order valence-electron chi connectivity index (χ3n) is 3.14. The summed E-state index contributed by atoms with van der Waals surface area (Å²) in [5, 5.41) is 1.97. The molecule has 3 rings (SSSR count). The minimum atomic E-state index is -0.405. The van der Waals surface area contributed by atoms with Gasteiger partial charge >= 0.3 is 0 Å². The smallest absolute Gasteiger partial charge is 0.288 e. The topological polar surface area (TPSA) is 54.0 Å². The lowest BCUT2D eigenvalue weighted by Gasteiger charge is -2.12. The van der Waals surface area contributed by atoms with Crippen molar-refractivity contribution < 1.29 is 4.79 Å². The van der Waals surface area contributed by atoms with Crippen LogP contribution in [0.4, 0.5) is 5.69 Å². The molecule has 0 unspecified atom stereocenters. The second-order valence-electron chi connectivity index (χ2n) is 4.71. The number of aromatic nitrogens is 1. The molecule has 7 heteroatoms. The fourth-order valence-electron chi connectivity index (χ4n) is 2.04. The van der Waals surface area contributed by atoms with Crippen LogP contribution in [0.2, 0.25) is 15.1 Å². The second-order valence-corrected chi connectivity index (χ2v) is 5.96. The minimum Gasteiger partial charge on any atom is -0.295 e. The Labute approximate surface area is 147 Å². The number of carbonyl (C=O) groups is 1. The normalized spacial score (nSPS) is 10.6. The zero-order chi connectivity index (χ0) is 16.4. The molecule has 4 nitrogen and oxygen atoms in total. The number of nitrogens with zero attached hydrogens (tertiary/aromatic N) is 1. The Morgan fingerprint density at radius 3 is 2.39 bits per heavy atom. The van der Waals surface area contributed by atoms with E-state index in [0.717, 1.165) is 10.9 Å². The standard InChI is InChI=1S/C16H10Cl3N3O/c17-10-7-11(18)15(12(19)8-10)21-22-16(23)14-6-5-9-3-1-2-4-13(9)20-14/h1-8,21H,(H,22,23). The van der Waals surface area contributed by atoms with Crippen LogP contribution in [0.1, 0.15) is 10.5 Å². The molecule has 0 bridgehead atoms. The molecule has 0 radical (unpaired) electrons. The third-order valence-corrected chi connectivity index (χ3v) is 3.95. The van der Waals surface area contributed by atoms with Gasteiger partial charge in [-0.3, -0.25) is 15.6 Å². The van der Waals surface area contributed by atoms with Crippen molar-refractivity contribution >= 4 is 57.3 Å². The molecule has 3 aromatic rings. The Morgan fingerprint density at radius 2 is 1.65 bits per heavy atom. The number of hydrogen-bond donors (Lipinski definition) is 2. The lowest BCUT2D eigenvalue weighted by molar-refractivity contribution is 0.0958. The molecule has 0 atom stereocenters. The highest BCUT2D eigenvalue weighted by atomic mass is 35.5. The Morgan fingerprint density at radius 1 is 0.957 bits per heavy atom. The van der Waals surface area contributed by atoms with E-state index in [1.165, 1.54) is 12.1 Å². The molecular weight excluding hydrogens is 357 g/mol. The summed E-state index contributed by atoms with van der Waals surface area (Å²) in [5.74, 6) is -0.405. The van der Waals surface area contributed by atoms with Crippen LogP contribution in [0.15, 0.2) is 48.5 Å². The molecule has 116 valence electrons. The predicted molar refractivity (Wildman–Crippen MR) is 94.3 cm³/mol. The van der Waals surface area contributed by atoms with Gasteiger partial charge in [-0.05, 0) is 24.3 Å². The summed E-state index contributed by atoms with van der Waals surface area (Å²) in [7, 11) is 0. The highest BCUT2D eigenvalue weighted by molar-refractivity contribution is 6.41. The number of benzene rings is 2. The van der Waals surface area contributed by atoms with Crippen molar-refractivity contribution in [2.45, 2.75) is 0 Å². The van der Waals surface area contributed by atoms with Gasteiger partial charge in [-0.25, -0.2) is 4.98 Å². The van der Waals surface area contributed by atoms with E-state index in [-0.39, 0.29) is 5.69 Å². The van der Waals surface area contributed by atoms with Crippen LogP contribution in [0.25, 0.3) is 10.9 Å². The van der Waals surface area contributed by atoms with E-state index in [2.05, 4.69) is 15.8 Å². The number of hydrogen-bond acceptors (Lipinski definition) is 3. The molecule has 2 N–H and O–H groups in total. The van der Waals surface area contributed by atoms with Crippen molar-refractivity contribution in [2.24, 2.45) is 0 Å². The SMILES string of the molecule is O=C(NNc1c(Cl)cc(Cl)cc1Cl)c1ccc2ccccc2n1. The van der Waals surface area contributed by atoms with Crippen LogP contribution < -0.4 is 10.9 Å². The zero-order valence-corrected chi connectivity index (χ0v) is 13.9. The number of halogens is 3. The molecule has 0 aliphatic heterocycles. The molecule has 0 aliphatic carbocycles. The lowest BCUT2D eigenvalue weighted by Crippen LogP contribution is -2.30. The van der Waals surface area contributed by atoms with Gasteiger partial charge in [0.15, 0.2) is 0 Å². The number of anilines is 1. The van der Waals surface area contributed by atoms with Gasteiger partial charge in [0.2, 0.25) is 0 Å². The number of fused-ring (bicyclic) bond motifs is 1. The molecule has 0 saturated heterocycles. The maximum atomic E-state index is 12.2. The van der Waals surface area contributed by atoms with E-state index in [0.29, 0.717) is 20.8 Å². The van der Waals surface area contributed by atoms with Gasteiger partial charge < -0.3 is 0 Å². The summed E-state index contributed by atoms with van der Waals surface area (Å²) in [5.41, 5.74) is 6.59. The second kappa shape index (κ2) is 6.62. The van der Waals surface area contributed by atoms with Crippen LogP contribution in [0.5, 0.6) is 0 Å². The molecule has 0 fully saturated rings. The number of nitrogens with one attached hydrogen (secondary N) is 2. The maximum absolute atomic E-state index is 12.2. The third kappa shape index (κ3) is 3.50. The Balaban J connectivity index is 1.79. The summed E-state index contributed by atoms with van der Waals surface area (Å²) in [6.45, 7) is 0. The van der Waals surface area contributed by atoms with Gasteiger partial charge in [-0.1, -0.05) is 59.1 Å². The first-order valence-corrected chi connectivity index (χ1v) is 7.74. The summed E-state index contributed by atoms with van der Waals surface area (Å²) < 4.78 is 0. The molecule has 1 amide bonds. The molecular formula is C16H10Cl3N3O. The first-order chi connectivity index (χ1) is 11.0. The average molecular weight is 367 g/mol. The van der Waals surface area contributed by atoms with Gasteiger partial charge in [0.05, 0.1) is 21.2 Å². The summed E-state index contributed by atoms with van der Waals surface area (Å²) >= 11 is 17.9. The highest BCUT2D eigenvalue weighted by Crippen LogP contribution is 2.33. The lowest BCUT2D eigenvalue weighted by atomic mass is 10.2. The Kier molecular flexibility index (Phi) is 4.57. The van der Waals surface area contributed by atoms with Crippen LogP contribution in [0.3, 0.4) is 0 Å². The van der Waals surface area contributed by atoms with Crippen LogP contribution in [0, 0.1) is 0 Å². The molecule has 23 heavy (non-hydrogen) atoms. The number of carbonyl (C=O) groups excluding carboxylic acids is 1. The predicted octanol–water partition coefficient (Wildman–Crippen LogP) is 4.95. The van der Waals surface area contributed by atoms with E-state index in [4.69, 9.17) is 34.8 Å². The van der Waals surface area contributed by atoms with Crippen molar-refractivity contribution in [2.75, 3.05) is 5.43 Å². The molecule has 1 aromatic heterocycles. The van der Waals surface area contributed by atoms with Gasteiger partial charge in [0, 0.05) is 10.4 Å². The van der Waals surface area contributed by atoms with Crippen molar-refractivity contribution in [1.29, 1.82) is 0 Å². The molecule has 0 aliphatic rings. The van der Waals surface area contributed by atoms with Crippen molar-refractivity contribution in [3.63, 3.8) is 0 Å². The van der Waals surface area contributed by atoms with E-state index in [1.807, 2.05) is 30.3 Å². The summed E-state index contributed by atoms with van der Waals surface area (Å²) in [6.07, 6.45) is 0. The fraction of sp³-hybridized carbons (Fsp3) is 0. The minimum absolute atomic E-state index is 0.275. The van der Waals surface area contributed by atoms with Gasteiger partial charge in [0.1, 0.15) is 5.69 Å². The molecule has 0 spiro atoms. The van der Waals surface area contributed by atoms with Gasteiger partial charge in [-0.2, -0.15) is 0 Å². The van der Waals surface area contributed by atoms with Crippen LogP contribution in [-0.2, 0) is 0 Å². The largest absolute Gasteiger partial charge is 0.295 e. The summed E-state index contributed by atoms with van der Waals surface area (Å²) in [4.78, 5) is 16.5. The Bertz CT molecular complexity index is 876. The quantitative estimate of drug-likeness (QED) is 0.645. The number of pyridine rings is 1. The molecule has 1 heterocycles. The van der Waals surface area contributed by atoms with E-state index < -0.39 is 5.91 Å². The van der Waals surface area contributed by atoms with Crippen molar-refractivity contribution in [3.8, 4) is 0 Å². The maximum Gasteiger partial charge on any atom is 0.288 e. The highest BCUT2D eigenvalue weighted by Gasteiger charge is 2.11. The number of hydrazine groups is 1. The fourth-order valence-corrected chi connectivity index (χ4v) is 2.95. The number of amides is 1. The Hall–Kier alpha value is -2.01. The number of para-hydroxylation sites is 1. The molecule has 0 saturated carbocycles. The summed E-state index contributed by atoms with van der Waals surface area (Å²) in [6, 6.07) is 14.1. The van der Waals surface area contributed by atoms with E-state index in [1.54, 1.807) is 6.07 Å². The van der Waals surface area contributed by atoms with E-state index >= 15 is 0 Å². The van der Waals surface area contributed by atoms with Crippen LogP contribution >= 0.6 is 34.8 Å². The van der Waals surface area contributed by atoms with Crippen molar-refractivity contribution in [1.82, 2.24) is 10.4 Å².